The lowest BCUT2D eigenvalue weighted by Crippen LogP contribution is -2.36. The zero-order valence-electron chi connectivity index (χ0n) is 12.7. The monoisotopic (exact) mass is 261 g/mol. The van der Waals surface area contributed by atoms with Crippen LogP contribution in [0.1, 0.15) is 43.9 Å². The minimum Gasteiger partial charge on any atom is -0.357 e. The molecule has 0 saturated heterocycles. The molecular formula is C16H27N3. The van der Waals surface area contributed by atoms with Crippen molar-refractivity contribution in [2.45, 2.75) is 52.1 Å². The molecule has 106 valence electrons. The molecule has 19 heavy (non-hydrogen) atoms. The lowest BCUT2D eigenvalue weighted by molar-refractivity contribution is 0.335. The Morgan fingerprint density at radius 3 is 2.84 bits per heavy atom. The fraction of sp³-hybridized carbons (Fsp3) is 0.688. The number of pyridine rings is 1. The number of hydrogen-bond donors (Lipinski definition) is 1. The van der Waals surface area contributed by atoms with Crippen molar-refractivity contribution in [3.63, 3.8) is 0 Å². The first-order valence-electron chi connectivity index (χ1n) is 7.45. The Hall–Kier alpha value is -1.09. The van der Waals surface area contributed by atoms with Crippen molar-refractivity contribution in [1.29, 1.82) is 0 Å². The lowest BCUT2D eigenvalue weighted by Gasteiger charge is -2.35. The molecule has 1 aromatic heterocycles. The topological polar surface area (TPSA) is 28.2 Å². The van der Waals surface area contributed by atoms with Gasteiger partial charge in [0.15, 0.2) is 0 Å². The summed E-state index contributed by atoms with van der Waals surface area (Å²) in [6.45, 7) is 5.36. The second-order valence-electron chi connectivity index (χ2n) is 6.04. The van der Waals surface area contributed by atoms with E-state index in [0.717, 1.165) is 24.0 Å². The van der Waals surface area contributed by atoms with E-state index < -0.39 is 0 Å². The van der Waals surface area contributed by atoms with Crippen molar-refractivity contribution in [3.8, 4) is 0 Å². The highest BCUT2D eigenvalue weighted by Crippen LogP contribution is 2.29. The molecule has 1 fully saturated rings. The molecule has 0 radical (unpaired) electrons. The molecule has 2 unspecified atom stereocenters. The fourth-order valence-electron chi connectivity index (χ4n) is 3.15. The predicted octanol–water partition coefficient (Wildman–Crippen LogP) is 3.12. The van der Waals surface area contributed by atoms with E-state index in [1.807, 2.05) is 7.05 Å². The fourth-order valence-corrected chi connectivity index (χ4v) is 3.15. The van der Waals surface area contributed by atoms with E-state index in [9.17, 15) is 0 Å². The van der Waals surface area contributed by atoms with Crippen molar-refractivity contribution in [3.05, 3.63) is 23.4 Å². The number of nitrogens with zero attached hydrogens (tertiary/aromatic N) is 2. The number of aromatic nitrogens is 1. The molecule has 0 amide bonds. The average molecular weight is 261 g/mol. The van der Waals surface area contributed by atoms with E-state index in [0.29, 0.717) is 6.04 Å². The van der Waals surface area contributed by atoms with Gasteiger partial charge >= 0.3 is 0 Å². The molecule has 1 aliphatic carbocycles. The summed E-state index contributed by atoms with van der Waals surface area (Å²) < 4.78 is 0. The Bertz CT molecular complexity index is 416. The van der Waals surface area contributed by atoms with Crippen molar-refractivity contribution < 1.29 is 0 Å². The van der Waals surface area contributed by atoms with Crippen LogP contribution in [0, 0.1) is 12.8 Å². The maximum atomic E-state index is 4.71. The van der Waals surface area contributed by atoms with Crippen LogP contribution < -0.4 is 10.2 Å². The van der Waals surface area contributed by atoms with Crippen LogP contribution in [-0.4, -0.2) is 25.1 Å². The van der Waals surface area contributed by atoms with Gasteiger partial charge in [0.25, 0.3) is 0 Å². The van der Waals surface area contributed by atoms with Crippen molar-refractivity contribution >= 4 is 5.82 Å². The number of anilines is 1. The first-order valence-corrected chi connectivity index (χ1v) is 7.45. The summed E-state index contributed by atoms with van der Waals surface area (Å²) in [7, 11) is 4.19. The molecule has 1 aliphatic rings. The molecule has 1 saturated carbocycles. The van der Waals surface area contributed by atoms with Gasteiger partial charge in [0, 0.05) is 25.3 Å². The largest absolute Gasteiger partial charge is 0.357 e. The number of nitrogens with one attached hydrogen (secondary N) is 1. The quantitative estimate of drug-likeness (QED) is 0.902. The Kier molecular flexibility index (Phi) is 4.81. The van der Waals surface area contributed by atoms with E-state index >= 15 is 0 Å². The summed E-state index contributed by atoms with van der Waals surface area (Å²) in [6.07, 6.45) is 5.34. The molecule has 0 aliphatic heterocycles. The smallest absolute Gasteiger partial charge is 0.129 e. The van der Waals surface area contributed by atoms with Gasteiger partial charge in [-0.25, -0.2) is 4.98 Å². The van der Waals surface area contributed by atoms with Gasteiger partial charge in [0.1, 0.15) is 5.82 Å². The molecular weight excluding hydrogens is 234 g/mol. The summed E-state index contributed by atoms with van der Waals surface area (Å²) in [4.78, 5) is 7.11. The van der Waals surface area contributed by atoms with Gasteiger partial charge < -0.3 is 10.2 Å². The van der Waals surface area contributed by atoms with E-state index in [1.165, 1.54) is 31.2 Å². The molecule has 2 rings (SSSR count). The molecule has 3 nitrogen and oxygen atoms in total. The summed E-state index contributed by atoms with van der Waals surface area (Å²) >= 11 is 0. The third kappa shape index (κ3) is 3.69. The van der Waals surface area contributed by atoms with E-state index in [1.54, 1.807) is 0 Å². The first kappa shape index (κ1) is 14.3. The Morgan fingerprint density at radius 1 is 1.37 bits per heavy atom. The van der Waals surface area contributed by atoms with Crippen LogP contribution in [0.4, 0.5) is 5.82 Å². The minimum absolute atomic E-state index is 0.653. The van der Waals surface area contributed by atoms with Crippen LogP contribution >= 0.6 is 0 Å². The van der Waals surface area contributed by atoms with Crippen molar-refractivity contribution in [1.82, 2.24) is 10.3 Å². The van der Waals surface area contributed by atoms with Gasteiger partial charge in [0.05, 0.1) is 0 Å². The predicted molar refractivity (Wildman–Crippen MR) is 81.6 cm³/mol. The lowest BCUT2D eigenvalue weighted by atomic mass is 9.86. The SMILES string of the molecule is CNCc1cc(C)nc(N(C)C2CCCC(C)C2)c1. The standard InChI is InChI=1S/C16H27N3/c1-12-6-5-7-15(8-12)19(4)16-10-14(11-17-3)9-13(2)18-16/h9-10,12,15,17H,5-8,11H2,1-4H3. The van der Waals surface area contributed by atoms with E-state index in [2.05, 4.69) is 43.2 Å². The number of hydrogen-bond acceptors (Lipinski definition) is 3. The van der Waals surface area contributed by atoms with Gasteiger partial charge in [-0.05, 0) is 50.4 Å². The maximum Gasteiger partial charge on any atom is 0.129 e. The summed E-state index contributed by atoms with van der Waals surface area (Å²) in [5.41, 5.74) is 2.43. The molecule has 0 aromatic carbocycles. The van der Waals surface area contributed by atoms with Crippen molar-refractivity contribution in [2.24, 2.45) is 5.92 Å². The third-order valence-corrected chi connectivity index (χ3v) is 4.20. The van der Waals surface area contributed by atoms with E-state index in [-0.39, 0.29) is 0 Å². The highest BCUT2D eigenvalue weighted by Gasteiger charge is 2.23. The molecule has 2 atom stereocenters. The second kappa shape index (κ2) is 6.38. The highest BCUT2D eigenvalue weighted by molar-refractivity contribution is 5.43. The van der Waals surface area contributed by atoms with Crippen LogP contribution in [-0.2, 0) is 6.54 Å². The van der Waals surface area contributed by atoms with Crippen LogP contribution in [0.2, 0.25) is 0 Å². The number of rotatable bonds is 4. The summed E-state index contributed by atoms with van der Waals surface area (Å²) in [5, 5.41) is 3.22. The number of aryl methyl sites for hydroxylation is 1. The zero-order chi connectivity index (χ0) is 13.8. The van der Waals surface area contributed by atoms with Gasteiger partial charge in [-0.15, -0.1) is 0 Å². The summed E-state index contributed by atoms with van der Waals surface area (Å²) in [6, 6.07) is 5.04. The van der Waals surface area contributed by atoms with Gasteiger partial charge in [-0.1, -0.05) is 19.8 Å². The molecule has 0 spiro atoms. The zero-order valence-corrected chi connectivity index (χ0v) is 12.7. The van der Waals surface area contributed by atoms with Gasteiger partial charge in [-0.3, -0.25) is 0 Å². The molecule has 1 N–H and O–H groups in total. The Balaban J connectivity index is 2.15. The molecule has 3 heteroatoms. The Labute approximate surface area is 117 Å². The Morgan fingerprint density at radius 2 is 2.16 bits per heavy atom. The molecule has 0 bridgehead atoms. The van der Waals surface area contributed by atoms with E-state index in [4.69, 9.17) is 4.98 Å². The van der Waals surface area contributed by atoms with Crippen LogP contribution in [0.3, 0.4) is 0 Å². The normalized spacial score (nSPS) is 23.4. The maximum absolute atomic E-state index is 4.71. The molecule has 1 heterocycles. The summed E-state index contributed by atoms with van der Waals surface area (Å²) in [5.74, 6) is 1.98. The van der Waals surface area contributed by atoms with Crippen LogP contribution in [0.5, 0.6) is 0 Å². The first-order chi connectivity index (χ1) is 9.10. The van der Waals surface area contributed by atoms with Crippen LogP contribution in [0.25, 0.3) is 0 Å². The second-order valence-corrected chi connectivity index (χ2v) is 6.04. The van der Waals surface area contributed by atoms with Gasteiger partial charge in [-0.2, -0.15) is 0 Å². The van der Waals surface area contributed by atoms with Crippen molar-refractivity contribution in [2.75, 3.05) is 19.0 Å². The van der Waals surface area contributed by atoms with Gasteiger partial charge in [0.2, 0.25) is 0 Å². The average Bonchev–Trinajstić information content (AvgIpc) is 2.37. The van der Waals surface area contributed by atoms with Crippen LogP contribution in [0.15, 0.2) is 12.1 Å². The molecule has 1 aromatic rings. The third-order valence-electron chi connectivity index (χ3n) is 4.20. The highest BCUT2D eigenvalue weighted by atomic mass is 15.2. The minimum atomic E-state index is 0.653.